The van der Waals surface area contributed by atoms with Crippen LogP contribution in [0.25, 0.3) is 0 Å². The third kappa shape index (κ3) is 54.7. The highest BCUT2D eigenvalue weighted by Crippen LogP contribution is 2.16. The molecule has 0 aliphatic rings. The number of unbranched alkanes of at least 4 members (excludes halogenated alkanes) is 40. The van der Waals surface area contributed by atoms with Gasteiger partial charge in [-0.2, -0.15) is 0 Å². The summed E-state index contributed by atoms with van der Waals surface area (Å²) in [7, 11) is 0. The van der Waals surface area contributed by atoms with Gasteiger partial charge in [-0.3, -0.25) is 14.4 Å². The molecule has 67 heavy (non-hydrogen) atoms. The van der Waals surface area contributed by atoms with Gasteiger partial charge >= 0.3 is 17.9 Å². The van der Waals surface area contributed by atoms with Crippen molar-refractivity contribution in [1.29, 1.82) is 0 Å². The lowest BCUT2D eigenvalue weighted by Gasteiger charge is -2.18. The number of carbonyl (C=O) groups excluding carboxylic acids is 3. The molecule has 0 aromatic carbocycles. The molecule has 0 heterocycles. The molecule has 0 rings (SSSR count). The number of carbonyl (C=O) groups is 3. The van der Waals surface area contributed by atoms with E-state index in [1.54, 1.807) is 0 Å². The maximum atomic E-state index is 12.9. The van der Waals surface area contributed by atoms with Crippen LogP contribution in [0.1, 0.15) is 329 Å². The Labute approximate surface area is 417 Å². The number of hydrogen-bond donors (Lipinski definition) is 0. The SMILES string of the molecule is CCCCCCCC/C=C\CCCCCCCCCC(=O)O[C@@H](COC(=O)CCCCCCCCC/C=C\CCCCCCCCCC)COC(=O)CCCCCCCCCCCCCCC. The Morgan fingerprint density at radius 1 is 0.284 bits per heavy atom. The second-order valence-electron chi connectivity index (χ2n) is 20.3. The lowest BCUT2D eigenvalue weighted by Crippen LogP contribution is -2.30. The Morgan fingerprint density at radius 3 is 0.746 bits per heavy atom. The third-order valence-corrected chi connectivity index (χ3v) is 13.4. The van der Waals surface area contributed by atoms with Gasteiger partial charge in [0.2, 0.25) is 0 Å². The van der Waals surface area contributed by atoms with E-state index in [2.05, 4.69) is 45.1 Å². The fraction of sp³-hybridized carbons (Fsp3) is 0.885. The standard InChI is InChI=1S/C61H114O6/c1-4-7-10-13-16-19-22-25-27-29-30-32-33-36-39-42-45-48-51-54-60(63)66-57-58(56-65-59(62)53-50-47-44-41-38-35-24-21-18-15-12-9-6-3)67-61(64)55-52-49-46-43-40-37-34-31-28-26-23-20-17-14-11-8-5-2/h26,28-30,58H,4-25,27,31-57H2,1-3H3/b28-26-,30-29-/t58-/m1/s1. The van der Waals surface area contributed by atoms with Crippen molar-refractivity contribution in [3.8, 4) is 0 Å². The zero-order valence-electron chi connectivity index (χ0n) is 45.2. The average Bonchev–Trinajstić information content (AvgIpc) is 3.33. The van der Waals surface area contributed by atoms with Crippen LogP contribution >= 0.6 is 0 Å². The fourth-order valence-electron chi connectivity index (χ4n) is 8.91. The summed E-state index contributed by atoms with van der Waals surface area (Å²) < 4.78 is 16.9. The van der Waals surface area contributed by atoms with Gasteiger partial charge in [-0.15, -0.1) is 0 Å². The molecule has 0 spiro atoms. The minimum atomic E-state index is -0.771. The van der Waals surface area contributed by atoms with Crippen LogP contribution in [0, 0.1) is 0 Å². The fourth-order valence-corrected chi connectivity index (χ4v) is 8.91. The number of esters is 3. The molecule has 0 aliphatic carbocycles. The van der Waals surface area contributed by atoms with E-state index in [0.717, 1.165) is 57.8 Å². The first kappa shape index (κ1) is 64.9. The Hall–Kier alpha value is -2.11. The summed E-state index contributed by atoms with van der Waals surface area (Å²) in [5, 5.41) is 0. The summed E-state index contributed by atoms with van der Waals surface area (Å²) in [6.45, 7) is 6.68. The quantitative estimate of drug-likeness (QED) is 0.0262. The second-order valence-corrected chi connectivity index (χ2v) is 20.3. The number of hydrogen-bond acceptors (Lipinski definition) is 6. The van der Waals surface area contributed by atoms with Crippen LogP contribution < -0.4 is 0 Å². The van der Waals surface area contributed by atoms with E-state index in [-0.39, 0.29) is 31.1 Å². The molecule has 0 aromatic rings. The molecule has 0 aliphatic heterocycles. The molecule has 0 aromatic heterocycles. The van der Waals surface area contributed by atoms with E-state index >= 15 is 0 Å². The van der Waals surface area contributed by atoms with Crippen LogP contribution in [0.15, 0.2) is 24.3 Å². The van der Waals surface area contributed by atoms with E-state index in [1.807, 2.05) is 0 Å². The van der Waals surface area contributed by atoms with Crippen molar-refractivity contribution in [3.63, 3.8) is 0 Å². The second kappa shape index (κ2) is 56.5. The van der Waals surface area contributed by atoms with Gasteiger partial charge in [-0.05, 0) is 70.6 Å². The van der Waals surface area contributed by atoms with Gasteiger partial charge in [0.05, 0.1) is 0 Å². The lowest BCUT2D eigenvalue weighted by molar-refractivity contribution is -0.167. The highest BCUT2D eigenvalue weighted by molar-refractivity contribution is 5.71. The van der Waals surface area contributed by atoms with Crippen molar-refractivity contribution in [2.45, 2.75) is 335 Å². The zero-order valence-corrected chi connectivity index (χ0v) is 45.2. The van der Waals surface area contributed by atoms with E-state index < -0.39 is 6.10 Å². The highest BCUT2D eigenvalue weighted by Gasteiger charge is 2.19. The van der Waals surface area contributed by atoms with Gasteiger partial charge in [-0.1, -0.05) is 263 Å². The third-order valence-electron chi connectivity index (χ3n) is 13.4. The predicted molar refractivity (Wildman–Crippen MR) is 289 cm³/mol. The Morgan fingerprint density at radius 2 is 0.493 bits per heavy atom. The van der Waals surface area contributed by atoms with E-state index in [4.69, 9.17) is 14.2 Å². The predicted octanol–water partition coefficient (Wildman–Crippen LogP) is 19.9. The van der Waals surface area contributed by atoms with Gasteiger partial charge in [0.1, 0.15) is 13.2 Å². The molecular weight excluding hydrogens is 829 g/mol. The van der Waals surface area contributed by atoms with Gasteiger partial charge in [-0.25, -0.2) is 0 Å². The van der Waals surface area contributed by atoms with Crippen LogP contribution in [-0.2, 0) is 28.6 Å². The van der Waals surface area contributed by atoms with Crippen LogP contribution in [0.4, 0.5) is 0 Å². The Kier molecular flexibility index (Phi) is 54.7. The van der Waals surface area contributed by atoms with Crippen molar-refractivity contribution in [1.82, 2.24) is 0 Å². The van der Waals surface area contributed by atoms with Crippen molar-refractivity contribution in [3.05, 3.63) is 24.3 Å². The summed E-state index contributed by atoms with van der Waals surface area (Å²) in [6.07, 6.45) is 66.0. The molecule has 0 saturated heterocycles. The molecule has 6 nitrogen and oxygen atoms in total. The minimum Gasteiger partial charge on any atom is -0.462 e. The summed E-state index contributed by atoms with van der Waals surface area (Å²) in [5.74, 6) is -0.858. The number of ether oxygens (including phenoxy) is 3. The van der Waals surface area contributed by atoms with Crippen LogP contribution in [-0.4, -0.2) is 37.2 Å². The summed E-state index contributed by atoms with van der Waals surface area (Å²) in [4.78, 5) is 38.2. The van der Waals surface area contributed by atoms with Crippen LogP contribution in [0.2, 0.25) is 0 Å². The van der Waals surface area contributed by atoms with Gasteiger partial charge < -0.3 is 14.2 Å². The zero-order chi connectivity index (χ0) is 48.6. The number of rotatable bonds is 55. The first-order valence-electron chi connectivity index (χ1n) is 29.8. The number of allylic oxidation sites excluding steroid dienone is 4. The summed E-state index contributed by atoms with van der Waals surface area (Å²) >= 11 is 0. The molecule has 0 amide bonds. The monoisotopic (exact) mass is 943 g/mol. The molecule has 0 radical (unpaired) electrons. The Balaban J connectivity index is 4.32. The molecule has 1 atom stereocenters. The summed E-state index contributed by atoms with van der Waals surface area (Å²) in [5.41, 5.74) is 0. The van der Waals surface area contributed by atoms with Gasteiger partial charge in [0.25, 0.3) is 0 Å². The lowest BCUT2D eigenvalue weighted by atomic mass is 10.0. The van der Waals surface area contributed by atoms with Crippen LogP contribution in [0.5, 0.6) is 0 Å². The Bertz CT molecular complexity index is 1080. The van der Waals surface area contributed by atoms with Crippen molar-refractivity contribution in [2.75, 3.05) is 13.2 Å². The molecular formula is C61H114O6. The van der Waals surface area contributed by atoms with E-state index in [9.17, 15) is 14.4 Å². The average molecular weight is 944 g/mol. The molecule has 0 N–H and O–H groups in total. The highest BCUT2D eigenvalue weighted by atomic mass is 16.6. The molecule has 0 unspecified atom stereocenters. The van der Waals surface area contributed by atoms with Crippen molar-refractivity contribution >= 4 is 17.9 Å². The molecule has 0 fully saturated rings. The largest absolute Gasteiger partial charge is 0.462 e. The maximum Gasteiger partial charge on any atom is 0.306 e. The van der Waals surface area contributed by atoms with E-state index in [1.165, 1.54) is 231 Å². The van der Waals surface area contributed by atoms with Crippen LogP contribution in [0.3, 0.4) is 0 Å². The molecule has 0 saturated carbocycles. The topological polar surface area (TPSA) is 78.9 Å². The first-order valence-corrected chi connectivity index (χ1v) is 29.8. The maximum absolute atomic E-state index is 12.9. The molecule has 6 heteroatoms. The normalized spacial score (nSPS) is 12.1. The van der Waals surface area contributed by atoms with Gasteiger partial charge in [0.15, 0.2) is 6.10 Å². The first-order chi connectivity index (χ1) is 33.0. The van der Waals surface area contributed by atoms with Gasteiger partial charge in [0, 0.05) is 19.3 Å². The summed E-state index contributed by atoms with van der Waals surface area (Å²) in [6, 6.07) is 0. The van der Waals surface area contributed by atoms with Crippen molar-refractivity contribution in [2.24, 2.45) is 0 Å². The van der Waals surface area contributed by atoms with E-state index in [0.29, 0.717) is 19.3 Å². The van der Waals surface area contributed by atoms with Crippen molar-refractivity contribution < 1.29 is 28.6 Å². The minimum absolute atomic E-state index is 0.0699. The molecule has 394 valence electrons. The smallest absolute Gasteiger partial charge is 0.306 e. The molecule has 0 bridgehead atoms.